The van der Waals surface area contributed by atoms with Crippen LogP contribution in [0.4, 0.5) is 0 Å². The van der Waals surface area contributed by atoms with Crippen molar-refractivity contribution in [3.05, 3.63) is 70.8 Å². The third kappa shape index (κ3) is 5.40. The van der Waals surface area contributed by atoms with Crippen LogP contribution in [0, 0.1) is 5.92 Å². The molecule has 2 aliphatic carbocycles. The van der Waals surface area contributed by atoms with Gasteiger partial charge in [0.25, 0.3) is 0 Å². The topological polar surface area (TPSA) is 71.4 Å². The molecule has 0 radical (unpaired) electrons. The van der Waals surface area contributed by atoms with Crippen LogP contribution in [-0.4, -0.2) is 55.3 Å². The molecular weight excluding hydrogens is 428 g/mol. The number of ether oxygens (including phenoxy) is 2. The number of hydrogen-bond donors (Lipinski definition) is 1. The number of esters is 1. The number of aliphatic imine (C=N–C) groups is 1. The van der Waals surface area contributed by atoms with Gasteiger partial charge >= 0.3 is 5.97 Å². The monoisotopic (exact) mass is 462 g/mol. The Labute approximate surface area is 201 Å². The summed E-state index contributed by atoms with van der Waals surface area (Å²) in [4.78, 5) is 17.4. The Morgan fingerprint density at radius 2 is 1.85 bits per heavy atom. The number of carbonyl (C=O) groups excluding carboxylic acids is 1. The van der Waals surface area contributed by atoms with Gasteiger partial charge in [-0.05, 0) is 55.0 Å². The van der Waals surface area contributed by atoms with Crippen LogP contribution in [0.2, 0.25) is 0 Å². The van der Waals surface area contributed by atoms with E-state index in [2.05, 4.69) is 4.99 Å². The van der Waals surface area contributed by atoms with Gasteiger partial charge in [0.2, 0.25) is 0 Å². The van der Waals surface area contributed by atoms with Crippen molar-refractivity contribution >= 4 is 17.3 Å². The van der Waals surface area contributed by atoms with E-state index in [4.69, 9.17) is 9.47 Å². The van der Waals surface area contributed by atoms with E-state index in [0.717, 1.165) is 22.3 Å². The molecule has 180 valence electrons. The molecule has 1 fully saturated rings. The summed E-state index contributed by atoms with van der Waals surface area (Å²) in [6.45, 7) is 3.63. The third-order valence-electron chi connectivity index (χ3n) is 6.58. The molecule has 4 rings (SSSR count). The average Bonchev–Trinajstić information content (AvgIpc) is 3.19. The van der Waals surface area contributed by atoms with Gasteiger partial charge in [-0.1, -0.05) is 49.6 Å². The second kappa shape index (κ2) is 11.4. The van der Waals surface area contributed by atoms with Crippen molar-refractivity contribution in [1.29, 1.82) is 0 Å². The summed E-state index contributed by atoms with van der Waals surface area (Å²) >= 11 is 0. The van der Waals surface area contributed by atoms with Gasteiger partial charge < -0.3 is 14.7 Å². The number of carbonyl (C=O) groups is 1. The van der Waals surface area contributed by atoms with E-state index in [0.29, 0.717) is 49.3 Å². The molecule has 1 saturated carbocycles. The van der Waals surface area contributed by atoms with E-state index in [1.807, 2.05) is 48.5 Å². The fourth-order valence-electron chi connectivity index (χ4n) is 4.98. The molecule has 0 saturated heterocycles. The van der Waals surface area contributed by atoms with Crippen molar-refractivity contribution in [2.45, 2.75) is 39.0 Å². The van der Waals surface area contributed by atoms with E-state index in [9.17, 15) is 10.0 Å². The molecule has 0 heterocycles. The SMILES string of the molecule is CCOC(=O)C1=C(c2ccccc2)c2ccc(OCCN(O)CC3CCCCC3)cc2C1=NC. The zero-order valence-electron chi connectivity index (χ0n) is 20.1. The Hall–Kier alpha value is -2.96. The molecule has 6 heteroatoms. The summed E-state index contributed by atoms with van der Waals surface area (Å²) in [6.07, 6.45) is 6.23. The molecule has 0 atom stereocenters. The van der Waals surface area contributed by atoms with Crippen LogP contribution in [-0.2, 0) is 9.53 Å². The van der Waals surface area contributed by atoms with Gasteiger partial charge in [0.15, 0.2) is 0 Å². The van der Waals surface area contributed by atoms with Crippen molar-refractivity contribution < 1.29 is 19.5 Å². The molecule has 0 unspecified atom stereocenters. The second-order valence-corrected chi connectivity index (χ2v) is 8.88. The summed E-state index contributed by atoms with van der Waals surface area (Å²) in [5.41, 5.74) is 4.65. The van der Waals surface area contributed by atoms with Gasteiger partial charge in [-0.3, -0.25) is 4.99 Å². The fourth-order valence-corrected chi connectivity index (χ4v) is 4.98. The minimum Gasteiger partial charge on any atom is -0.492 e. The minimum absolute atomic E-state index is 0.296. The lowest BCUT2D eigenvalue weighted by atomic mass is 9.89. The summed E-state index contributed by atoms with van der Waals surface area (Å²) in [7, 11) is 1.69. The van der Waals surface area contributed by atoms with Gasteiger partial charge in [0.1, 0.15) is 12.4 Å². The van der Waals surface area contributed by atoms with Gasteiger partial charge in [0, 0.05) is 24.7 Å². The first-order valence-corrected chi connectivity index (χ1v) is 12.3. The van der Waals surface area contributed by atoms with Crippen LogP contribution >= 0.6 is 0 Å². The standard InChI is InChI=1S/C28H34N2O4/c1-3-33-28(31)26-25(21-12-8-5-9-13-21)23-15-14-22(18-24(23)27(26)29-2)34-17-16-30(32)19-20-10-6-4-7-11-20/h5,8-9,12-15,18,20,32H,3-4,6-7,10-11,16-17,19H2,1-2H3. The Kier molecular flexibility index (Phi) is 8.14. The number of rotatable bonds is 9. The molecule has 34 heavy (non-hydrogen) atoms. The van der Waals surface area contributed by atoms with E-state index in [1.165, 1.54) is 37.2 Å². The van der Waals surface area contributed by atoms with Crippen LogP contribution in [0.5, 0.6) is 5.75 Å². The number of hydroxylamine groups is 2. The quantitative estimate of drug-likeness (QED) is 0.413. The van der Waals surface area contributed by atoms with E-state index >= 15 is 0 Å². The normalized spacial score (nSPS) is 17.4. The highest BCUT2D eigenvalue weighted by atomic mass is 16.5. The molecule has 1 N–H and O–H groups in total. The van der Waals surface area contributed by atoms with Crippen molar-refractivity contribution in [3.8, 4) is 5.75 Å². The van der Waals surface area contributed by atoms with E-state index < -0.39 is 0 Å². The molecular formula is C28H34N2O4. The smallest absolute Gasteiger partial charge is 0.340 e. The summed E-state index contributed by atoms with van der Waals surface area (Å²) in [5, 5.41) is 11.7. The van der Waals surface area contributed by atoms with Crippen molar-refractivity contribution in [3.63, 3.8) is 0 Å². The molecule has 2 aromatic carbocycles. The second-order valence-electron chi connectivity index (χ2n) is 8.88. The first-order chi connectivity index (χ1) is 16.6. The molecule has 0 amide bonds. The highest BCUT2D eigenvalue weighted by molar-refractivity contribution is 6.37. The van der Waals surface area contributed by atoms with E-state index in [-0.39, 0.29) is 5.97 Å². The maximum Gasteiger partial charge on any atom is 0.340 e. The third-order valence-corrected chi connectivity index (χ3v) is 6.58. The first-order valence-electron chi connectivity index (χ1n) is 12.3. The van der Waals surface area contributed by atoms with Crippen molar-refractivity contribution in [2.75, 3.05) is 33.4 Å². The lowest BCUT2D eigenvalue weighted by molar-refractivity contribution is -0.137. The molecule has 0 bridgehead atoms. The van der Waals surface area contributed by atoms with Gasteiger partial charge in [0.05, 0.1) is 24.4 Å². The summed E-state index contributed by atoms with van der Waals surface area (Å²) in [6, 6.07) is 15.7. The molecule has 6 nitrogen and oxygen atoms in total. The number of nitrogens with zero attached hydrogens (tertiary/aromatic N) is 2. The van der Waals surface area contributed by atoms with Crippen LogP contribution in [0.25, 0.3) is 5.57 Å². The highest BCUT2D eigenvalue weighted by Crippen LogP contribution is 2.40. The Bertz CT molecular complexity index is 1060. The summed E-state index contributed by atoms with van der Waals surface area (Å²) < 4.78 is 11.4. The predicted molar refractivity (Wildman–Crippen MR) is 133 cm³/mol. The van der Waals surface area contributed by atoms with Crippen LogP contribution in [0.1, 0.15) is 55.7 Å². The predicted octanol–water partition coefficient (Wildman–Crippen LogP) is 5.13. The van der Waals surface area contributed by atoms with E-state index in [1.54, 1.807) is 14.0 Å². The number of benzene rings is 2. The molecule has 0 aliphatic heterocycles. The van der Waals surface area contributed by atoms with Crippen molar-refractivity contribution in [2.24, 2.45) is 10.9 Å². The van der Waals surface area contributed by atoms with Crippen molar-refractivity contribution in [1.82, 2.24) is 5.06 Å². The zero-order valence-corrected chi connectivity index (χ0v) is 20.1. The number of hydrogen-bond acceptors (Lipinski definition) is 6. The molecule has 2 aliphatic rings. The Morgan fingerprint density at radius 1 is 1.09 bits per heavy atom. The minimum atomic E-state index is -0.376. The number of fused-ring (bicyclic) bond motifs is 1. The van der Waals surface area contributed by atoms with Gasteiger partial charge in [-0.25, -0.2) is 4.79 Å². The Morgan fingerprint density at radius 3 is 2.56 bits per heavy atom. The lowest BCUT2D eigenvalue weighted by Gasteiger charge is -2.25. The zero-order chi connectivity index (χ0) is 23.9. The molecule has 0 spiro atoms. The van der Waals surface area contributed by atoms with Gasteiger partial charge in [-0.15, -0.1) is 0 Å². The lowest BCUT2D eigenvalue weighted by Crippen LogP contribution is -2.31. The fraction of sp³-hybridized carbons (Fsp3) is 0.429. The van der Waals surface area contributed by atoms with Crippen LogP contribution in [0.3, 0.4) is 0 Å². The maximum atomic E-state index is 12.9. The van der Waals surface area contributed by atoms with Crippen LogP contribution in [0.15, 0.2) is 59.1 Å². The molecule has 0 aromatic heterocycles. The van der Waals surface area contributed by atoms with Crippen LogP contribution < -0.4 is 4.74 Å². The first kappa shape index (κ1) is 24.2. The highest BCUT2D eigenvalue weighted by Gasteiger charge is 2.34. The maximum absolute atomic E-state index is 12.9. The Balaban J connectivity index is 1.51. The average molecular weight is 463 g/mol. The molecule has 2 aromatic rings. The van der Waals surface area contributed by atoms with Gasteiger partial charge in [-0.2, -0.15) is 5.06 Å². The largest absolute Gasteiger partial charge is 0.492 e. The summed E-state index contributed by atoms with van der Waals surface area (Å²) in [5.74, 6) is 0.883.